The first-order chi connectivity index (χ1) is 15.6. The molecule has 6 nitrogen and oxygen atoms in total. The first-order valence-electron chi connectivity index (χ1n) is 12.6. The fraction of sp³-hybridized carbons (Fsp3) is 0.692. The van der Waals surface area contributed by atoms with Gasteiger partial charge in [0.2, 0.25) is 11.6 Å². The van der Waals surface area contributed by atoms with Gasteiger partial charge in [-0.3, -0.25) is 14.5 Å². The monoisotopic (exact) mass is 437 g/mol. The molecule has 1 saturated heterocycles. The van der Waals surface area contributed by atoms with Crippen molar-refractivity contribution < 1.29 is 24.1 Å². The van der Waals surface area contributed by atoms with Crippen LogP contribution in [0.25, 0.3) is 0 Å². The van der Waals surface area contributed by atoms with Gasteiger partial charge in [-0.1, -0.05) is 12.1 Å². The highest BCUT2D eigenvalue weighted by Gasteiger charge is 2.66. The van der Waals surface area contributed by atoms with Gasteiger partial charge in [-0.25, -0.2) is 0 Å². The molecule has 1 aromatic rings. The van der Waals surface area contributed by atoms with Crippen molar-refractivity contribution in [3.8, 4) is 0 Å². The molecule has 2 amide bonds. The smallest absolute Gasteiger partial charge is 0.261 e. The minimum Gasteiger partial charge on any atom is -0.312 e. The number of ether oxygens (including phenoxy) is 1. The molecule has 5 aliphatic carbocycles. The molecule has 32 heavy (non-hydrogen) atoms. The summed E-state index contributed by atoms with van der Waals surface area (Å²) in [5, 5.41) is 0. The summed E-state index contributed by atoms with van der Waals surface area (Å²) in [4.78, 5) is 38.8. The first kappa shape index (κ1) is 19.7. The number of carbonyl (C=O) groups excluding carboxylic acids is 2. The van der Waals surface area contributed by atoms with Gasteiger partial charge in [-0.2, -0.15) is 9.78 Å². The van der Waals surface area contributed by atoms with Crippen molar-refractivity contribution in [3.05, 3.63) is 35.4 Å². The molecule has 6 fully saturated rings. The summed E-state index contributed by atoms with van der Waals surface area (Å²) in [6, 6.07) is 7.12. The zero-order valence-corrected chi connectivity index (χ0v) is 18.5. The van der Waals surface area contributed by atoms with Crippen molar-refractivity contribution in [1.29, 1.82) is 0 Å². The zero-order chi connectivity index (χ0) is 21.5. The lowest BCUT2D eigenvalue weighted by Crippen LogP contribution is -2.59. The topological polar surface area (TPSA) is 65.1 Å². The SMILES string of the molecule is O=C1c2ccccc2C(=O)N1CCC1CCC2(CC1)OOC1(O2)C2CC3CC(C2)CC1C3. The molecule has 0 unspecified atom stereocenters. The van der Waals surface area contributed by atoms with Crippen molar-refractivity contribution in [3.63, 3.8) is 0 Å². The van der Waals surface area contributed by atoms with Gasteiger partial charge in [0.15, 0.2) is 0 Å². The van der Waals surface area contributed by atoms with E-state index in [0.29, 0.717) is 35.4 Å². The zero-order valence-electron chi connectivity index (χ0n) is 18.5. The Balaban J connectivity index is 0.976. The Bertz CT molecular complexity index is 902. The first-order valence-corrected chi connectivity index (χ1v) is 12.6. The number of benzene rings is 1. The molecule has 2 heterocycles. The average molecular weight is 438 g/mol. The van der Waals surface area contributed by atoms with Crippen LogP contribution in [0.1, 0.15) is 84.9 Å². The predicted octanol–water partition coefficient (Wildman–Crippen LogP) is 4.69. The Morgan fingerprint density at radius 2 is 1.44 bits per heavy atom. The van der Waals surface area contributed by atoms with Crippen molar-refractivity contribution in [1.82, 2.24) is 4.90 Å². The minimum atomic E-state index is -0.596. The number of imide groups is 1. The molecule has 170 valence electrons. The summed E-state index contributed by atoms with van der Waals surface area (Å²) in [6.45, 7) is 0.485. The van der Waals surface area contributed by atoms with E-state index in [0.717, 1.165) is 43.9 Å². The molecular formula is C26H31NO5. The maximum atomic E-state index is 12.6. The van der Waals surface area contributed by atoms with E-state index < -0.39 is 11.6 Å². The standard InChI is InChI=1S/C26H31NO5/c28-23-21-3-1-2-4-22(21)24(29)27(23)10-7-16-5-8-25(9-6-16)30-26(32-31-25)19-12-17-11-18(14-19)15-20(26)13-17/h1-4,16-20H,5-15H2. The van der Waals surface area contributed by atoms with Crippen molar-refractivity contribution in [2.24, 2.45) is 29.6 Å². The summed E-state index contributed by atoms with van der Waals surface area (Å²) in [7, 11) is 0. The van der Waals surface area contributed by atoms with E-state index in [9.17, 15) is 9.59 Å². The van der Waals surface area contributed by atoms with Crippen LogP contribution in [0, 0.1) is 29.6 Å². The number of carbonyl (C=O) groups is 2. The van der Waals surface area contributed by atoms with Crippen LogP contribution in [0.15, 0.2) is 24.3 Å². The molecule has 0 atom stereocenters. The number of amides is 2. The third-order valence-electron chi connectivity index (χ3n) is 9.45. The van der Waals surface area contributed by atoms with Crippen LogP contribution in [-0.2, 0) is 14.5 Å². The maximum absolute atomic E-state index is 12.6. The minimum absolute atomic E-state index is 0.155. The molecular weight excluding hydrogens is 406 g/mol. The van der Waals surface area contributed by atoms with Gasteiger partial charge in [-0.15, -0.1) is 0 Å². The average Bonchev–Trinajstić information content (AvgIpc) is 3.29. The molecule has 7 aliphatic rings. The van der Waals surface area contributed by atoms with E-state index in [2.05, 4.69) is 0 Å². The molecule has 4 bridgehead atoms. The summed E-state index contributed by atoms with van der Waals surface area (Å²) in [6.07, 6.45) is 10.8. The fourth-order valence-corrected chi connectivity index (χ4v) is 7.95. The van der Waals surface area contributed by atoms with Gasteiger partial charge in [0.1, 0.15) is 0 Å². The lowest BCUT2D eigenvalue weighted by atomic mass is 9.53. The Morgan fingerprint density at radius 1 is 0.844 bits per heavy atom. The second-order valence-corrected chi connectivity index (χ2v) is 11.2. The fourth-order valence-electron chi connectivity index (χ4n) is 7.95. The molecule has 8 rings (SSSR count). The van der Waals surface area contributed by atoms with E-state index in [-0.39, 0.29) is 11.8 Å². The molecule has 0 aromatic heterocycles. The van der Waals surface area contributed by atoms with Gasteiger partial charge < -0.3 is 4.74 Å². The highest BCUT2D eigenvalue weighted by molar-refractivity contribution is 6.21. The lowest BCUT2D eigenvalue weighted by molar-refractivity contribution is -0.390. The van der Waals surface area contributed by atoms with Crippen LogP contribution in [0.5, 0.6) is 0 Å². The highest BCUT2D eigenvalue weighted by Crippen LogP contribution is 2.63. The van der Waals surface area contributed by atoms with Gasteiger partial charge in [-0.05, 0) is 81.3 Å². The Kier molecular flexibility index (Phi) is 4.23. The van der Waals surface area contributed by atoms with Crippen LogP contribution in [0.2, 0.25) is 0 Å². The number of rotatable bonds is 3. The molecule has 2 spiro atoms. The molecule has 1 aromatic carbocycles. The van der Waals surface area contributed by atoms with E-state index in [1.807, 2.05) is 12.1 Å². The molecule has 0 radical (unpaired) electrons. The maximum Gasteiger partial charge on any atom is 0.261 e. The number of hydrogen-bond donors (Lipinski definition) is 0. The second kappa shape index (κ2) is 6.87. The van der Waals surface area contributed by atoms with E-state index in [1.54, 1.807) is 12.1 Å². The quantitative estimate of drug-likeness (QED) is 0.507. The number of hydrogen-bond acceptors (Lipinski definition) is 5. The van der Waals surface area contributed by atoms with Crippen LogP contribution < -0.4 is 0 Å². The summed E-state index contributed by atoms with van der Waals surface area (Å²) < 4.78 is 6.79. The summed E-state index contributed by atoms with van der Waals surface area (Å²) in [5.74, 6) is 1.77. The predicted molar refractivity (Wildman–Crippen MR) is 114 cm³/mol. The van der Waals surface area contributed by atoms with Crippen molar-refractivity contribution in [2.45, 2.75) is 75.8 Å². The molecule has 5 saturated carbocycles. The Hall–Kier alpha value is -1.76. The number of nitrogens with zero attached hydrogens (tertiary/aromatic N) is 1. The molecule has 0 N–H and O–H groups in total. The van der Waals surface area contributed by atoms with Crippen LogP contribution in [-0.4, -0.2) is 34.8 Å². The number of fused-ring (bicyclic) bond motifs is 1. The Morgan fingerprint density at radius 3 is 2.03 bits per heavy atom. The highest BCUT2D eigenvalue weighted by atomic mass is 17.3. The summed E-state index contributed by atoms with van der Waals surface area (Å²) >= 11 is 0. The van der Waals surface area contributed by atoms with Crippen LogP contribution >= 0.6 is 0 Å². The lowest BCUT2D eigenvalue weighted by Gasteiger charge is -2.57. The third-order valence-corrected chi connectivity index (χ3v) is 9.45. The molecule has 6 heteroatoms. The van der Waals surface area contributed by atoms with Crippen LogP contribution in [0.4, 0.5) is 0 Å². The largest absolute Gasteiger partial charge is 0.312 e. The van der Waals surface area contributed by atoms with Crippen molar-refractivity contribution >= 4 is 11.8 Å². The van der Waals surface area contributed by atoms with Gasteiger partial charge >= 0.3 is 0 Å². The van der Waals surface area contributed by atoms with E-state index in [4.69, 9.17) is 14.5 Å². The second-order valence-electron chi connectivity index (χ2n) is 11.2. The van der Waals surface area contributed by atoms with Crippen molar-refractivity contribution in [2.75, 3.05) is 6.54 Å². The molecule has 2 aliphatic heterocycles. The van der Waals surface area contributed by atoms with Gasteiger partial charge in [0.25, 0.3) is 11.8 Å². The van der Waals surface area contributed by atoms with E-state index in [1.165, 1.54) is 37.0 Å². The third kappa shape index (κ3) is 2.75. The normalized spacial score (nSPS) is 44.2. The van der Waals surface area contributed by atoms with E-state index >= 15 is 0 Å². The summed E-state index contributed by atoms with van der Waals surface area (Å²) in [5.41, 5.74) is 1.07. The van der Waals surface area contributed by atoms with Gasteiger partial charge in [0.05, 0.1) is 11.1 Å². The van der Waals surface area contributed by atoms with Gasteiger partial charge in [0, 0.05) is 31.2 Å². The van der Waals surface area contributed by atoms with Crippen LogP contribution in [0.3, 0.4) is 0 Å². The Labute approximate surface area is 188 Å².